The van der Waals surface area contributed by atoms with Gasteiger partial charge in [-0.3, -0.25) is 14.5 Å². The van der Waals surface area contributed by atoms with Crippen LogP contribution < -0.4 is 0 Å². The molecule has 3 rings (SSSR count). The fraction of sp³-hybridized carbons (Fsp3) is 0.529. The third kappa shape index (κ3) is 3.95. The van der Waals surface area contributed by atoms with Gasteiger partial charge in [-0.25, -0.2) is 0 Å². The second-order valence-corrected chi connectivity index (χ2v) is 6.52. The molecule has 8 heteroatoms. The van der Waals surface area contributed by atoms with Crippen LogP contribution in [0.25, 0.3) is 0 Å². The molecule has 2 fully saturated rings. The number of carboxylic acid groups (broad SMARTS) is 1. The summed E-state index contributed by atoms with van der Waals surface area (Å²) in [5, 5.41) is 9.37. The largest absolute Gasteiger partial charge is 0.480 e. The lowest BCUT2D eigenvalue weighted by Crippen LogP contribution is -2.54. The molecule has 1 aliphatic carbocycles. The highest BCUT2D eigenvalue weighted by Crippen LogP contribution is 2.36. The number of alkyl halides is 3. The van der Waals surface area contributed by atoms with Crippen LogP contribution in [0.4, 0.5) is 13.2 Å². The molecule has 1 N–H and O–H groups in total. The monoisotopic (exact) mass is 356 g/mol. The number of halogens is 3. The zero-order valence-corrected chi connectivity index (χ0v) is 13.5. The summed E-state index contributed by atoms with van der Waals surface area (Å²) in [7, 11) is 0. The zero-order chi connectivity index (χ0) is 18.2. The van der Waals surface area contributed by atoms with E-state index >= 15 is 0 Å². The van der Waals surface area contributed by atoms with Crippen molar-refractivity contribution in [3.8, 4) is 0 Å². The smallest absolute Gasteiger partial charge is 0.416 e. The normalized spacial score (nSPS) is 20.4. The highest BCUT2D eigenvalue weighted by molar-refractivity contribution is 5.94. The van der Waals surface area contributed by atoms with Gasteiger partial charge in [0.2, 0.25) is 0 Å². The van der Waals surface area contributed by atoms with Gasteiger partial charge in [-0.15, -0.1) is 0 Å². The lowest BCUT2D eigenvalue weighted by atomic mass is 10.1. The highest BCUT2D eigenvalue weighted by Gasteiger charge is 2.41. The van der Waals surface area contributed by atoms with Crippen molar-refractivity contribution in [1.29, 1.82) is 0 Å². The van der Waals surface area contributed by atoms with E-state index in [1.54, 1.807) is 4.90 Å². The number of aliphatic carboxylic acids is 1. The third-order valence-electron chi connectivity index (χ3n) is 4.78. The van der Waals surface area contributed by atoms with Gasteiger partial charge < -0.3 is 10.0 Å². The Morgan fingerprint density at radius 3 is 2.04 bits per heavy atom. The van der Waals surface area contributed by atoms with Crippen molar-refractivity contribution in [2.45, 2.75) is 25.1 Å². The van der Waals surface area contributed by atoms with Crippen molar-refractivity contribution >= 4 is 11.9 Å². The van der Waals surface area contributed by atoms with E-state index in [9.17, 15) is 27.9 Å². The number of carboxylic acids is 1. The lowest BCUT2D eigenvalue weighted by Gasteiger charge is -2.37. The molecular weight excluding hydrogens is 337 g/mol. The maximum atomic E-state index is 12.6. The van der Waals surface area contributed by atoms with E-state index in [-0.39, 0.29) is 17.4 Å². The number of hydrogen-bond acceptors (Lipinski definition) is 3. The van der Waals surface area contributed by atoms with Gasteiger partial charge in [-0.05, 0) is 43.0 Å². The van der Waals surface area contributed by atoms with E-state index < -0.39 is 23.8 Å². The minimum absolute atomic E-state index is 0.190. The molecule has 25 heavy (non-hydrogen) atoms. The lowest BCUT2D eigenvalue weighted by molar-refractivity contribution is -0.145. The van der Waals surface area contributed by atoms with Crippen LogP contribution in [0.3, 0.4) is 0 Å². The van der Waals surface area contributed by atoms with Crippen LogP contribution in [0.1, 0.15) is 28.8 Å². The minimum Gasteiger partial charge on any atom is -0.480 e. The van der Waals surface area contributed by atoms with Crippen LogP contribution in [0.15, 0.2) is 24.3 Å². The van der Waals surface area contributed by atoms with Gasteiger partial charge in [0, 0.05) is 31.7 Å². The van der Waals surface area contributed by atoms with E-state index in [0.29, 0.717) is 26.2 Å². The van der Waals surface area contributed by atoms with Crippen molar-refractivity contribution in [2.75, 3.05) is 26.2 Å². The molecule has 0 bridgehead atoms. The summed E-state index contributed by atoms with van der Waals surface area (Å²) in [6.45, 7) is 1.66. The molecule has 1 unspecified atom stereocenters. The molecule has 2 aliphatic rings. The van der Waals surface area contributed by atoms with E-state index in [2.05, 4.69) is 0 Å². The number of benzene rings is 1. The molecule has 136 valence electrons. The van der Waals surface area contributed by atoms with Crippen molar-refractivity contribution in [2.24, 2.45) is 5.92 Å². The summed E-state index contributed by atoms with van der Waals surface area (Å²) < 4.78 is 37.7. The molecule has 1 heterocycles. The van der Waals surface area contributed by atoms with Crippen LogP contribution in [-0.2, 0) is 11.0 Å². The molecule has 0 aromatic heterocycles. The SMILES string of the molecule is O=C(O)C(C1CC1)N1CCN(C(=O)c2ccc(C(F)(F)F)cc2)CC1. The second kappa shape index (κ2) is 6.67. The molecule has 1 saturated carbocycles. The van der Waals surface area contributed by atoms with E-state index in [0.717, 1.165) is 25.0 Å². The molecule has 1 saturated heterocycles. The molecule has 0 radical (unpaired) electrons. The van der Waals surface area contributed by atoms with E-state index in [4.69, 9.17) is 0 Å². The quantitative estimate of drug-likeness (QED) is 0.900. The Hall–Kier alpha value is -2.09. The number of nitrogens with zero attached hydrogens (tertiary/aromatic N) is 2. The second-order valence-electron chi connectivity index (χ2n) is 6.52. The molecule has 1 atom stereocenters. The number of rotatable bonds is 4. The van der Waals surface area contributed by atoms with Gasteiger partial charge in [0.05, 0.1) is 5.56 Å². The van der Waals surface area contributed by atoms with Crippen molar-refractivity contribution in [3.63, 3.8) is 0 Å². The summed E-state index contributed by atoms with van der Waals surface area (Å²) >= 11 is 0. The Kier molecular flexibility index (Phi) is 4.73. The predicted molar refractivity (Wildman–Crippen MR) is 83.1 cm³/mol. The Bertz CT molecular complexity index is 648. The van der Waals surface area contributed by atoms with Gasteiger partial charge >= 0.3 is 12.1 Å². The number of amides is 1. The molecule has 1 aromatic carbocycles. The predicted octanol–water partition coefficient (Wildman–Crippen LogP) is 2.33. The maximum Gasteiger partial charge on any atom is 0.416 e. The maximum absolute atomic E-state index is 12.6. The topological polar surface area (TPSA) is 60.9 Å². The van der Waals surface area contributed by atoms with Gasteiger partial charge in [0.25, 0.3) is 5.91 Å². The summed E-state index contributed by atoms with van der Waals surface area (Å²) in [4.78, 5) is 27.3. The average Bonchev–Trinajstić information content (AvgIpc) is 3.39. The van der Waals surface area contributed by atoms with Crippen LogP contribution in [0.5, 0.6) is 0 Å². The van der Waals surface area contributed by atoms with Gasteiger partial charge in [-0.1, -0.05) is 0 Å². The Labute approximate surface area is 143 Å². The molecule has 1 amide bonds. The molecule has 1 aromatic rings. The van der Waals surface area contributed by atoms with Crippen LogP contribution in [0, 0.1) is 5.92 Å². The summed E-state index contributed by atoms with van der Waals surface area (Å²) in [5.41, 5.74) is -0.582. The molecule has 5 nitrogen and oxygen atoms in total. The first-order valence-corrected chi connectivity index (χ1v) is 8.21. The Morgan fingerprint density at radius 1 is 1.04 bits per heavy atom. The van der Waals surface area contributed by atoms with Gasteiger partial charge in [0.15, 0.2) is 0 Å². The Balaban J connectivity index is 1.60. The average molecular weight is 356 g/mol. The first-order valence-electron chi connectivity index (χ1n) is 8.21. The first-order chi connectivity index (χ1) is 11.8. The fourth-order valence-corrected chi connectivity index (χ4v) is 3.26. The number of hydrogen-bond donors (Lipinski definition) is 1. The third-order valence-corrected chi connectivity index (χ3v) is 4.78. The van der Waals surface area contributed by atoms with Crippen LogP contribution >= 0.6 is 0 Å². The van der Waals surface area contributed by atoms with E-state index in [1.807, 2.05) is 4.90 Å². The summed E-state index contributed by atoms with van der Waals surface area (Å²) in [6, 6.07) is 3.67. The first kappa shape index (κ1) is 17.7. The summed E-state index contributed by atoms with van der Waals surface area (Å²) in [6.07, 6.45) is -2.59. The molecule has 0 spiro atoms. The number of piperazine rings is 1. The number of carbonyl (C=O) groups excluding carboxylic acids is 1. The number of carbonyl (C=O) groups is 2. The van der Waals surface area contributed by atoms with Crippen molar-refractivity contribution in [3.05, 3.63) is 35.4 Å². The fourth-order valence-electron chi connectivity index (χ4n) is 3.26. The van der Waals surface area contributed by atoms with Gasteiger partial charge in [0.1, 0.15) is 6.04 Å². The molecular formula is C17H19F3N2O3. The summed E-state index contributed by atoms with van der Waals surface area (Å²) in [5.74, 6) is -0.966. The standard InChI is InChI=1S/C17H19F3N2O3/c18-17(19,20)13-5-3-12(4-6-13)15(23)22-9-7-21(8-10-22)14(16(24)25)11-1-2-11/h3-6,11,14H,1-2,7-10H2,(H,24,25). The van der Waals surface area contributed by atoms with Gasteiger partial charge in [-0.2, -0.15) is 13.2 Å². The Morgan fingerprint density at radius 2 is 1.60 bits per heavy atom. The minimum atomic E-state index is -4.43. The van der Waals surface area contributed by atoms with Crippen LogP contribution in [0.2, 0.25) is 0 Å². The highest BCUT2D eigenvalue weighted by atomic mass is 19.4. The van der Waals surface area contributed by atoms with Crippen LogP contribution in [-0.4, -0.2) is 59.0 Å². The molecule has 1 aliphatic heterocycles. The van der Waals surface area contributed by atoms with Crippen molar-refractivity contribution < 1.29 is 27.9 Å². The van der Waals surface area contributed by atoms with E-state index in [1.165, 1.54) is 12.1 Å². The van der Waals surface area contributed by atoms with Crippen molar-refractivity contribution in [1.82, 2.24) is 9.80 Å². The zero-order valence-electron chi connectivity index (χ0n) is 13.5.